The zero-order chi connectivity index (χ0) is 14.5. The van der Waals surface area contributed by atoms with E-state index in [4.69, 9.17) is 11.6 Å². The van der Waals surface area contributed by atoms with Crippen LogP contribution >= 0.6 is 11.6 Å². The average molecular weight is 297 g/mol. The molecular formula is C14H11ClF2N2O. The maximum Gasteiger partial charge on any atom is 0.254 e. The van der Waals surface area contributed by atoms with Gasteiger partial charge in [0.2, 0.25) is 0 Å². The van der Waals surface area contributed by atoms with Crippen molar-refractivity contribution in [2.75, 3.05) is 6.54 Å². The monoisotopic (exact) mass is 296 g/mol. The van der Waals surface area contributed by atoms with Gasteiger partial charge < -0.3 is 5.32 Å². The van der Waals surface area contributed by atoms with E-state index >= 15 is 0 Å². The molecule has 0 aliphatic carbocycles. The molecule has 6 heteroatoms. The van der Waals surface area contributed by atoms with Crippen LogP contribution in [0.3, 0.4) is 0 Å². The number of hydrogen-bond donors (Lipinski definition) is 1. The second kappa shape index (κ2) is 6.43. The molecule has 1 aromatic heterocycles. The lowest BCUT2D eigenvalue weighted by molar-refractivity contribution is 0.0950. The van der Waals surface area contributed by atoms with Gasteiger partial charge in [-0.3, -0.25) is 9.78 Å². The molecule has 2 aromatic rings. The number of carbonyl (C=O) groups is 1. The Morgan fingerprint density at radius 1 is 1.25 bits per heavy atom. The molecule has 0 saturated heterocycles. The Hall–Kier alpha value is -2.01. The first-order valence-corrected chi connectivity index (χ1v) is 6.28. The molecule has 0 aliphatic heterocycles. The third kappa shape index (κ3) is 3.30. The van der Waals surface area contributed by atoms with E-state index in [0.717, 1.165) is 6.20 Å². The average Bonchev–Trinajstić information content (AvgIpc) is 2.42. The van der Waals surface area contributed by atoms with E-state index < -0.39 is 17.5 Å². The van der Waals surface area contributed by atoms with Gasteiger partial charge in [0.1, 0.15) is 5.82 Å². The van der Waals surface area contributed by atoms with Gasteiger partial charge in [0.25, 0.3) is 5.91 Å². The van der Waals surface area contributed by atoms with Crippen LogP contribution in [0, 0.1) is 11.6 Å². The molecule has 0 saturated carbocycles. The number of benzene rings is 1. The summed E-state index contributed by atoms with van der Waals surface area (Å²) in [7, 11) is 0. The van der Waals surface area contributed by atoms with Crippen LogP contribution in [0.25, 0.3) is 0 Å². The molecule has 20 heavy (non-hydrogen) atoms. The molecule has 3 nitrogen and oxygen atoms in total. The van der Waals surface area contributed by atoms with Crippen LogP contribution < -0.4 is 5.32 Å². The maximum absolute atomic E-state index is 13.5. The lowest BCUT2D eigenvalue weighted by atomic mass is 10.1. The molecule has 1 amide bonds. The zero-order valence-electron chi connectivity index (χ0n) is 10.4. The summed E-state index contributed by atoms with van der Waals surface area (Å²) in [6.07, 6.45) is 2.51. The van der Waals surface area contributed by atoms with E-state index in [0.29, 0.717) is 10.6 Å². The van der Waals surface area contributed by atoms with E-state index in [1.54, 1.807) is 6.07 Å². The third-order valence-corrected chi connectivity index (χ3v) is 3.09. The summed E-state index contributed by atoms with van der Waals surface area (Å²) in [5, 5.41) is 2.81. The van der Waals surface area contributed by atoms with Crippen molar-refractivity contribution in [2.24, 2.45) is 0 Å². The van der Waals surface area contributed by atoms with Gasteiger partial charge in [0.05, 0.1) is 11.8 Å². The predicted molar refractivity (Wildman–Crippen MR) is 71.6 cm³/mol. The Bertz CT molecular complexity index is 614. The zero-order valence-corrected chi connectivity index (χ0v) is 11.1. The van der Waals surface area contributed by atoms with Gasteiger partial charge in [-0.1, -0.05) is 17.7 Å². The summed E-state index contributed by atoms with van der Waals surface area (Å²) in [4.78, 5) is 15.3. The van der Waals surface area contributed by atoms with Crippen molar-refractivity contribution >= 4 is 17.5 Å². The number of carbonyl (C=O) groups excluding carboxylic acids is 1. The van der Waals surface area contributed by atoms with Crippen LogP contribution in [-0.4, -0.2) is 17.4 Å². The molecule has 2 rings (SSSR count). The highest BCUT2D eigenvalue weighted by Crippen LogP contribution is 2.19. The number of amides is 1. The van der Waals surface area contributed by atoms with Crippen molar-refractivity contribution in [2.45, 2.75) is 6.42 Å². The molecule has 1 N–H and O–H groups in total. The van der Waals surface area contributed by atoms with Crippen LogP contribution in [0.4, 0.5) is 8.78 Å². The van der Waals surface area contributed by atoms with Crippen molar-refractivity contribution in [3.63, 3.8) is 0 Å². The molecule has 1 heterocycles. The fourth-order valence-corrected chi connectivity index (χ4v) is 1.98. The van der Waals surface area contributed by atoms with Crippen molar-refractivity contribution in [3.8, 4) is 0 Å². The summed E-state index contributed by atoms with van der Waals surface area (Å²) in [6.45, 7) is 0.154. The van der Waals surface area contributed by atoms with Gasteiger partial charge >= 0.3 is 0 Å². The molecule has 0 aliphatic rings. The van der Waals surface area contributed by atoms with Crippen molar-refractivity contribution in [1.82, 2.24) is 10.3 Å². The number of halogens is 3. The van der Waals surface area contributed by atoms with Gasteiger partial charge in [0, 0.05) is 23.3 Å². The highest BCUT2D eigenvalue weighted by molar-refractivity contribution is 6.31. The second-order valence-corrected chi connectivity index (χ2v) is 4.47. The Labute approximate surface area is 119 Å². The largest absolute Gasteiger partial charge is 0.352 e. The smallest absolute Gasteiger partial charge is 0.254 e. The summed E-state index contributed by atoms with van der Waals surface area (Å²) in [5.74, 6) is -1.70. The SMILES string of the molecule is O=C(NCCc1c(F)cccc1Cl)c1ccncc1F. The number of aromatic nitrogens is 1. The van der Waals surface area contributed by atoms with Crippen molar-refractivity contribution in [1.29, 1.82) is 0 Å². The first-order chi connectivity index (χ1) is 9.59. The minimum Gasteiger partial charge on any atom is -0.352 e. The van der Waals surface area contributed by atoms with Crippen LogP contribution in [0.1, 0.15) is 15.9 Å². The number of nitrogens with one attached hydrogen (secondary N) is 1. The number of hydrogen-bond acceptors (Lipinski definition) is 2. The molecule has 0 fully saturated rings. The molecule has 0 atom stereocenters. The lowest BCUT2D eigenvalue weighted by Crippen LogP contribution is -2.26. The maximum atomic E-state index is 13.5. The fourth-order valence-electron chi connectivity index (χ4n) is 1.73. The van der Waals surface area contributed by atoms with Gasteiger partial charge in [-0.2, -0.15) is 0 Å². The topological polar surface area (TPSA) is 42.0 Å². The van der Waals surface area contributed by atoms with Crippen LogP contribution in [0.2, 0.25) is 5.02 Å². The van der Waals surface area contributed by atoms with Crippen LogP contribution in [-0.2, 0) is 6.42 Å². The second-order valence-electron chi connectivity index (χ2n) is 4.06. The number of nitrogens with zero attached hydrogens (tertiary/aromatic N) is 1. The molecular weight excluding hydrogens is 286 g/mol. The van der Waals surface area contributed by atoms with Gasteiger partial charge in [-0.15, -0.1) is 0 Å². The normalized spacial score (nSPS) is 10.3. The molecule has 0 radical (unpaired) electrons. The fraction of sp³-hybridized carbons (Fsp3) is 0.143. The summed E-state index contributed by atoms with van der Waals surface area (Å²) in [5.41, 5.74) is 0.226. The molecule has 104 valence electrons. The summed E-state index contributed by atoms with van der Waals surface area (Å²) >= 11 is 5.87. The van der Waals surface area contributed by atoms with Gasteiger partial charge in [-0.25, -0.2) is 8.78 Å². The standard InChI is InChI=1S/C14H11ClF2N2O/c15-11-2-1-3-12(16)9(11)5-7-19-14(20)10-4-6-18-8-13(10)17/h1-4,6,8H,5,7H2,(H,19,20). The highest BCUT2D eigenvalue weighted by Gasteiger charge is 2.12. The molecule has 0 unspecified atom stereocenters. The van der Waals surface area contributed by atoms with E-state index in [1.807, 2.05) is 0 Å². The lowest BCUT2D eigenvalue weighted by Gasteiger charge is -2.08. The Morgan fingerprint density at radius 3 is 2.75 bits per heavy atom. The first-order valence-electron chi connectivity index (χ1n) is 5.90. The van der Waals surface area contributed by atoms with E-state index in [1.165, 1.54) is 24.4 Å². The van der Waals surface area contributed by atoms with Crippen molar-refractivity contribution in [3.05, 3.63) is 64.4 Å². The molecule has 0 spiro atoms. The Morgan fingerprint density at radius 2 is 2.05 bits per heavy atom. The molecule has 0 bridgehead atoms. The third-order valence-electron chi connectivity index (χ3n) is 2.74. The number of pyridine rings is 1. The van der Waals surface area contributed by atoms with E-state index in [-0.39, 0.29) is 18.5 Å². The minimum atomic E-state index is -0.700. The van der Waals surface area contributed by atoms with Gasteiger partial charge in [0.15, 0.2) is 5.82 Å². The minimum absolute atomic E-state index is 0.0976. The van der Waals surface area contributed by atoms with E-state index in [2.05, 4.69) is 10.3 Å². The van der Waals surface area contributed by atoms with Gasteiger partial charge in [-0.05, 0) is 24.6 Å². The Kier molecular flexibility index (Phi) is 4.63. The van der Waals surface area contributed by atoms with E-state index in [9.17, 15) is 13.6 Å². The number of rotatable bonds is 4. The predicted octanol–water partition coefficient (Wildman–Crippen LogP) is 2.99. The highest BCUT2D eigenvalue weighted by atomic mass is 35.5. The Balaban J connectivity index is 1.97. The van der Waals surface area contributed by atoms with Crippen molar-refractivity contribution < 1.29 is 13.6 Å². The van der Waals surface area contributed by atoms with Crippen LogP contribution in [0.5, 0.6) is 0 Å². The molecule has 1 aromatic carbocycles. The quantitative estimate of drug-likeness (QED) is 0.942. The van der Waals surface area contributed by atoms with Crippen LogP contribution in [0.15, 0.2) is 36.7 Å². The first kappa shape index (κ1) is 14.4. The summed E-state index contributed by atoms with van der Waals surface area (Å²) < 4.78 is 26.8. The summed E-state index contributed by atoms with van der Waals surface area (Å²) in [6, 6.07) is 5.66.